The minimum Gasteiger partial charge on any atom is -0.412 e. The molecule has 0 saturated heterocycles. The van der Waals surface area contributed by atoms with E-state index in [9.17, 15) is 4.39 Å². The molecule has 0 aromatic carbocycles. The van der Waals surface area contributed by atoms with E-state index >= 15 is 0 Å². The molecule has 0 spiro atoms. The summed E-state index contributed by atoms with van der Waals surface area (Å²) in [6, 6.07) is 1.40. The van der Waals surface area contributed by atoms with Crippen LogP contribution in [0.15, 0.2) is 18.5 Å². The fourth-order valence-electron chi connectivity index (χ4n) is 0.358. The lowest BCUT2D eigenvalue weighted by Gasteiger charge is -1.86. The molecule has 0 aliphatic carbocycles. The topological polar surface area (TPSA) is 44.4 Å². The van der Waals surface area contributed by atoms with E-state index < -0.39 is 5.82 Å². The predicted octanol–water partition coefficient (Wildman–Crippen LogP) is 1.05. The number of rotatable bonds is 0. The van der Waals surface area contributed by atoms with Crippen LogP contribution in [0.25, 0.3) is 0 Å². The number of nitrogens with zero attached hydrogens (tertiary/aromatic N) is 1. The van der Waals surface area contributed by atoms with E-state index in [2.05, 4.69) is 4.98 Å². The van der Waals surface area contributed by atoms with Crippen LogP contribution in [0.5, 0.6) is 0 Å². The molecule has 1 aromatic rings. The number of hydrogen-bond acceptors (Lipinski definition) is 1. The van der Waals surface area contributed by atoms with Crippen molar-refractivity contribution in [3.63, 3.8) is 0 Å². The van der Waals surface area contributed by atoms with Crippen molar-refractivity contribution in [1.82, 2.24) is 4.98 Å². The van der Waals surface area contributed by atoms with Gasteiger partial charge in [0.25, 0.3) is 0 Å². The molecule has 4 heteroatoms. The number of pyridine rings is 1. The number of halogens is 2. The van der Waals surface area contributed by atoms with Crippen LogP contribution in [0.1, 0.15) is 0 Å². The average Bonchev–Trinajstić information content (AvgIpc) is 1.77. The van der Waals surface area contributed by atoms with Gasteiger partial charge in [-0.1, -0.05) is 11.6 Å². The van der Waals surface area contributed by atoms with Crippen molar-refractivity contribution in [2.24, 2.45) is 0 Å². The first-order chi connectivity index (χ1) is 3.80. The first kappa shape index (κ1) is 8.33. The Morgan fingerprint density at radius 3 is 2.56 bits per heavy atom. The molecule has 1 aromatic heterocycles. The fourth-order valence-corrected chi connectivity index (χ4v) is 0.463. The van der Waals surface area contributed by atoms with Crippen molar-refractivity contribution in [3.8, 4) is 0 Å². The molecule has 0 radical (unpaired) electrons. The minimum absolute atomic E-state index is 0. The Bertz CT molecular complexity index is 173. The minimum atomic E-state index is -0.478. The molecule has 1 heterocycles. The summed E-state index contributed by atoms with van der Waals surface area (Å²) in [6.45, 7) is 0. The Labute approximate surface area is 56.6 Å². The molecule has 0 bridgehead atoms. The largest absolute Gasteiger partial charge is 0.412 e. The molecular weight excluding hydrogens is 145 g/mol. The maximum atomic E-state index is 12.1. The summed E-state index contributed by atoms with van der Waals surface area (Å²) in [6.07, 6.45) is 2.51. The lowest BCUT2D eigenvalue weighted by Crippen LogP contribution is -1.75. The van der Waals surface area contributed by atoms with E-state index in [1.54, 1.807) is 0 Å². The van der Waals surface area contributed by atoms with Crippen LogP contribution >= 0.6 is 11.6 Å². The smallest absolute Gasteiger partial charge is 0.160 e. The second-order valence-electron chi connectivity index (χ2n) is 1.29. The molecule has 1 rings (SSSR count). The lowest BCUT2D eigenvalue weighted by atomic mass is 10.5. The van der Waals surface area contributed by atoms with E-state index in [1.165, 1.54) is 12.3 Å². The maximum Gasteiger partial charge on any atom is 0.160 e. The normalized spacial score (nSPS) is 8.22. The summed E-state index contributed by atoms with van der Waals surface area (Å²) >= 11 is 5.29. The highest BCUT2D eigenvalue weighted by molar-refractivity contribution is 6.30. The van der Waals surface area contributed by atoms with Crippen LogP contribution in [-0.4, -0.2) is 10.5 Å². The van der Waals surface area contributed by atoms with Crippen molar-refractivity contribution in [1.29, 1.82) is 0 Å². The molecule has 9 heavy (non-hydrogen) atoms. The van der Waals surface area contributed by atoms with Crippen LogP contribution in [-0.2, 0) is 0 Å². The molecule has 2 N–H and O–H groups in total. The van der Waals surface area contributed by atoms with Gasteiger partial charge in [0.05, 0.1) is 11.2 Å². The first-order valence-electron chi connectivity index (χ1n) is 2.06. The Kier molecular flexibility index (Phi) is 3.12. The Morgan fingerprint density at radius 2 is 2.22 bits per heavy atom. The summed E-state index contributed by atoms with van der Waals surface area (Å²) in [5.41, 5.74) is 0. The standard InChI is InChI=1S/C5H3ClFN.H2O/c6-4-1-2-8-3-5(4)7;/h1-3H;1H2. The average molecular weight is 150 g/mol. The highest BCUT2D eigenvalue weighted by atomic mass is 35.5. The highest BCUT2D eigenvalue weighted by Gasteiger charge is 1.92. The van der Waals surface area contributed by atoms with E-state index in [1.807, 2.05) is 0 Å². The summed E-state index contributed by atoms with van der Waals surface area (Å²) < 4.78 is 12.1. The van der Waals surface area contributed by atoms with Gasteiger partial charge >= 0.3 is 0 Å². The zero-order valence-corrected chi connectivity index (χ0v) is 5.19. The van der Waals surface area contributed by atoms with Gasteiger partial charge in [0, 0.05) is 6.20 Å². The molecular formula is C5H5ClFNO. The molecule has 0 unspecified atom stereocenters. The molecule has 0 fully saturated rings. The molecule has 0 aliphatic heterocycles. The van der Waals surface area contributed by atoms with E-state index in [0.717, 1.165) is 6.20 Å². The van der Waals surface area contributed by atoms with Crippen LogP contribution in [0.2, 0.25) is 5.02 Å². The molecule has 0 aliphatic rings. The summed E-state index contributed by atoms with van der Waals surface area (Å²) in [4.78, 5) is 3.49. The van der Waals surface area contributed by atoms with Gasteiger partial charge < -0.3 is 5.48 Å². The Morgan fingerprint density at radius 1 is 1.56 bits per heavy atom. The number of hydrogen-bond donors (Lipinski definition) is 0. The zero-order chi connectivity index (χ0) is 5.98. The summed E-state index contributed by atoms with van der Waals surface area (Å²) in [5.74, 6) is -0.478. The van der Waals surface area contributed by atoms with Crippen LogP contribution < -0.4 is 0 Å². The third-order valence-electron chi connectivity index (χ3n) is 0.723. The lowest BCUT2D eigenvalue weighted by molar-refractivity contribution is 0.622. The quantitative estimate of drug-likeness (QED) is 0.544. The van der Waals surface area contributed by atoms with Crippen molar-refractivity contribution in [3.05, 3.63) is 29.3 Å². The van der Waals surface area contributed by atoms with Crippen molar-refractivity contribution >= 4 is 11.6 Å². The maximum absolute atomic E-state index is 12.1. The first-order valence-corrected chi connectivity index (χ1v) is 2.43. The Balaban J connectivity index is 0.000000640. The monoisotopic (exact) mass is 149 g/mol. The van der Waals surface area contributed by atoms with E-state index in [4.69, 9.17) is 11.6 Å². The second-order valence-corrected chi connectivity index (χ2v) is 1.70. The SMILES string of the molecule is Fc1cnccc1Cl.O. The third-order valence-corrected chi connectivity index (χ3v) is 1.03. The molecule has 0 saturated carbocycles. The second kappa shape index (κ2) is 3.37. The van der Waals surface area contributed by atoms with Crippen molar-refractivity contribution < 1.29 is 9.87 Å². The molecule has 0 amide bonds. The molecule has 50 valence electrons. The van der Waals surface area contributed by atoms with Gasteiger partial charge in [0.1, 0.15) is 0 Å². The highest BCUT2D eigenvalue weighted by Crippen LogP contribution is 2.09. The molecule has 2 nitrogen and oxygen atoms in total. The molecule has 0 atom stereocenters. The van der Waals surface area contributed by atoms with Gasteiger partial charge in [-0.15, -0.1) is 0 Å². The third kappa shape index (κ3) is 1.95. The van der Waals surface area contributed by atoms with Gasteiger partial charge in [-0.3, -0.25) is 4.98 Å². The Hall–Kier alpha value is -0.670. The predicted molar refractivity (Wildman–Crippen MR) is 32.8 cm³/mol. The summed E-state index contributed by atoms with van der Waals surface area (Å²) in [7, 11) is 0. The number of aromatic nitrogens is 1. The van der Waals surface area contributed by atoms with Gasteiger partial charge in [0.15, 0.2) is 5.82 Å². The van der Waals surface area contributed by atoms with Crippen molar-refractivity contribution in [2.75, 3.05) is 0 Å². The van der Waals surface area contributed by atoms with Crippen LogP contribution in [0, 0.1) is 5.82 Å². The van der Waals surface area contributed by atoms with Gasteiger partial charge in [0.2, 0.25) is 0 Å². The van der Waals surface area contributed by atoms with Crippen LogP contribution in [0.4, 0.5) is 4.39 Å². The van der Waals surface area contributed by atoms with Gasteiger partial charge in [-0.05, 0) is 6.07 Å². The van der Waals surface area contributed by atoms with E-state index in [-0.39, 0.29) is 10.5 Å². The van der Waals surface area contributed by atoms with Gasteiger partial charge in [-0.2, -0.15) is 0 Å². The van der Waals surface area contributed by atoms with Crippen LogP contribution in [0.3, 0.4) is 0 Å². The van der Waals surface area contributed by atoms with Gasteiger partial charge in [-0.25, -0.2) is 4.39 Å². The fraction of sp³-hybridized carbons (Fsp3) is 0. The zero-order valence-electron chi connectivity index (χ0n) is 4.44. The summed E-state index contributed by atoms with van der Waals surface area (Å²) in [5, 5.41) is 0.111. The van der Waals surface area contributed by atoms with E-state index in [0.29, 0.717) is 0 Å². The van der Waals surface area contributed by atoms with Crippen molar-refractivity contribution in [2.45, 2.75) is 0 Å².